The lowest BCUT2D eigenvalue weighted by Gasteiger charge is -2.24. The summed E-state index contributed by atoms with van der Waals surface area (Å²) >= 11 is 1.88. The van der Waals surface area contributed by atoms with Crippen molar-refractivity contribution in [1.82, 2.24) is 10.2 Å². The molecule has 0 bridgehead atoms. The van der Waals surface area contributed by atoms with E-state index in [0.717, 1.165) is 18.5 Å². The van der Waals surface area contributed by atoms with E-state index in [1.54, 1.807) is 0 Å². The van der Waals surface area contributed by atoms with E-state index in [1.807, 2.05) is 11.3 Å². The molecule has 2 aliphatic rings. The number of rotatable bonds is 2. The highest BCUT2D eigenvalue weighted by Gasteiger charge is 2.34. The molecular formula is C16H20N2S. The molecule has 4 rings (SSSR count). The number of hydrogen-bond acceptors (Lipinski definition) is 3. The van der Waals surface area contributed by atoms with E-state index in [1.165, 1.54) is 48.1 Å². The lowest BCUT2D eigenvalue weighted by molar-refractivity contribution is 0.314. The number of likely N-dealkylation sites (tertiary alicyclic amines) is 1. The van der Waals surface area contributed by atoms with Gasteiger partial charge in [-0.05, 0) is 47.7 Å². The van der Waals surface area contributed by atoms with Crippen LogP contribution >= 0.6 is 11.3 Å². The Morgan fingerprint density at radius 3 is 3.16 bits per heavy atom. The number of thiophene rings is 1. The van der Waals surface area contributed by atoms with E-state index in [9.17, 15) is 0 Å². The number of piperidine rings is 1. The van der Waals surface area contributed by atoms with Gasteiger partial charge >= 0.3 is 0 Å². The first kappa shape index (κ1) is 11.9. The van der Waals surface area contributed by atoms with Crippen LogP contribution in [-0.2, 0) is 6.54 Å². The molecule has 0 spiro atoms. The summed E-state index contributed by atoms with van der Waals surface area (Å²) in [7, 11) is 0. The van der Waals surface area contributed by atoms with Crippen LogP contribution in [0, 0.1) is 5.92 Å². The minimum absolute atomic E-state index is 0.749. The lowest BCUT2D eigenvalue weighted by atomic mass is 9.94. The molecule has 0 aliphatic carbocycles. The first-order chi connectivity index (χ1) is 9.40. The standard InChI is InChI=1S/C16H20N2S/c1-2-6-16-14(5-1)13(11-19-16)9-18-8-12-4-3-7-17-15(12)10-18/h1-2,5-6,11-12,15,17H,3-4,7-10H2. The summed E-state index contributed by atoms with van der Waals surface area (Å²) in [6.45, 7) is 4.85. The van der Waals surface area contributed by atoms with Crippen LogP contribution in [0.3, 0.4) is 0 Å². The number of hydrogen-bond donors (Lipinski definition) is 1. The Kier molecular flexibility index (Phi) is 3.06. The van der Waals surface area contributed by atoms with Gasteiger partial charge in [-0.15, -0.1) is 11.3 Å². The van der Waals surface area contributed by atoms with Gasteiger partial charge in [0.25, 0.3) is 0 Å². The highest BCUT2D eigenvalue weighted by Crippen LogP contribution is 2.30. The van der Waals surface area contributed by atoms with Crippen LogP contribution in [0.15, 0.2) is 29.6 Å². The summed E-state index contributed by atoms with van der Waals surface area (Å²) in [4.78, 5) is 2.64. The zero-order chi connectivity index (χ0) is 12.7. The van der Waals surface area contributed by atoms with Crippen LogP contribution in [0.25, 0.3) is 10.1 Å². The molecule has 100 valence electrons. The third kappa shape index (κ3) is 2.20. The van der Waals surface area contributed by atoms with E-state index < -0.39 is 0 Å². The summed E-state index contributed by atoms with van der Waals surface area (Å²) in [5.74, 6) is 0.888. The smallest absolute Gasteiger partial charge is 0.0346 e. The van der Waals surface area contributed by atoms with Gasteiger partial charge in [-0.25, -0.2) is 0 Å². The van der Waals surface area contributed by atoms with Crippen LogP contribution in [0.1, 0.15) is 18.4 Å². The van der Waals surface area contributed by atoms with Crippen molar-refractivity contribution < 1.29 is 0 Å². The molecule has 1 aromatic carbocycles. The van der Waals surface area contributed by atoms with Crippen LogP contribution in [0.4, 0.5) is 0 Å². The summed E-state index contributed by atoms with van der Waals surface area (Å²) < 4.78 is 1.42. The van der Waals surface area contributed by atoms with Crippen molar-refractivity contribution in [2.24, 2.45) is 5.92 Å². The number of benzene rings is 1. The van der Waals surface area contributed by atoms with Crippen molar-refractivity contribution in [2.75, 3.05) is 19.6 Å². The van der Waals surface area contributed by atoms with Crippen LogP contribution < -0.4 is 5.32 Å². The first-order valence-corrected chi connectivity index (χ1v) is 8.19. The van der Waals surface area contributed by atoms with Crippen molar-refractivity contribution in [3.8, 4) is 0 Å². The fraction of sp³-hybridized carbons (Fsp3) is 0.500. The number of nitrogens with zero attached hydrogens (tertiary/aromatic N) is 1. The normalized spacial score (nSPS) is 27.8. The molecule has 2 unspecified atom stereocenters. The summed E-state index contributed by atoms with van der Waals surface area (Å²) in [5, 5.41) is 7.49. The molecular weight excluding hydrogens is 252 g/mol. The molecule has 2 saturated heterocycles. The minimum atomic E-state index is 0.749. The Bertz CT molecular complexity index is 563. The van der Waals surface area contributed by atoms with Crippen molar-refractivity contribution >= 4 is 21.4 Å². The van der Waals surface area contributed by atoms with Gasteiger partial charge in [0, 0.05) is 30.4 Å². The highest BCUT2D eigenvalue weighted by molar-refractivity contribution is 7.17. The monoisotopic (exact) mass is 272 g/mol. The Hall–Kier alpha value is -0.900. The molecule has 19 heavy (non-hydrogen) atoms. The molecule has 0 saturated carbocycles. The number of fused-ring (bicyclic) bond motifs is 2. The molecule has 2 atom stereocenters. The van der Waals surface area contributed by atoms with Gasteiger partial charge in [0.15, 0.2) is 0 Å². The maximum absolute atomic E-state index is 3.69. The largest absolute Gasteiger partial charge is 0.312 e. The quantitative estimate of drug-likeness (QED) is 0.904. The fourth-order valence-corrected chi connectivity index (χ4v) is 4.62. The molecule has 0 amide bonds. The molecule has 2 nitrogen and oxygen atoms in total. The fourth-order valence-electron chi connectivity index (χ4n) is 3.66. The second-order valence-corrected chi connectivity index (χ2v) is 6.83. The van der Waals surface area contributed by atoms with E-state index in [0.29, 0.717) is 0 Å². The third-order valence-electron chi connectivity index (χ3n) is 4.63. The van der Waals surface area contributed by atoms with Crippen LogP contribution in [0.5, 0.6) is 0 Å². The van der Waals surface area contributed by atoms with Crippen molar-refractivity contribution in [3.63, 3.8) is 0 Å². The molecule has 1 aromatic heterocycles. The summed E-state index contributed by atoms with van der Waals surface area (Å²) in [5.41, 5.74) is 1.51. The third-order valence-corrected chi connectivity index (χ3v) is 5.64. The maximum Gasteiger partial charge on any atom is 0.0346 e. The van der Waals surface area contributed by atoms with Gasteiger partial charge in [-0.2, -0.15) is 0 Å². The second kappa shape index (κ2) is 4.89. The molecule has 1 N–H and O–H groups in total. The highest BCUT2D eigenvalue weighted by atomic mass is 32.1. The Balaban J connectivity index is 1.52. The molecule has 2 aromatic rings. The molecule has 2 fully saturated rings. The van der Waals surface area contributed by atoms with Gasteiger partial charge in [0.05, 0.1) is 0 Å². The minimum Gasteiger partial charge on any atom is -0.312 e. The van der Waals surface area contributed by atoms with E-state index in [2.05, 4.69) is 39.9 Å². The predicted molar refractivity (Wildman–Crippen MR) is 81.6 cm³/mol. The summed E-state index contributed by atoms with van der Waals surface area (Å²) in [6.07, 6.45) is 2.77. The topological polar surface area (TPSA) is 15.3 Å². The Morgan fingerprint density at radius 2 is 2.21 bits per heavy atom. The average Bonchev–Trinajstić information content (AvgIpc) is 3.03. The average molecular weight is 272 g/mol. The van der Waals surface area contributed by atoms with Crippen molar-refractivity contribution in [2.45, 2.75) is 25.4 Å². The number of nitrogens with one attached hydrogen (secondary N) is 1. The van der Waals surface area contributed by atoms with Gasteiger partial charge in [-0.3, -0.25) is 4.90 Å². The predicted octanol–water partition coefficient (Wildman–Crippen LogP) is 3.09. The van der Waals surface area contributed by atoms with Crippen LogP contribution in [0.2, 0.25) is 0 Å². The van der Waals surface area contributed by atoms with Gasteiger partial charge in [0.2, 0.25) is 0 Å². The van der Waals surface area contributed by atoms with E-state index in [4.69, 9.17) is 0 Å². The van der Waals surface area contributed by atoms with Gasteiger partial charge in [0.1, 0.15) is 0 Å². The summed E-state index contributed by atoms with van der Waals surface area (Å²) in [6, 6.07) is 9.54. The first-order valence-electron chi connectivity index (χ1n) is 7.31. The molecule has 2 aliphatic heterocycles. The Morgan fingerprint density at radius 1 is 1.26 bits per heavy atom. The molecule has 3 heterocycles. The Labute approximate surface area is 118 Å². The second-order valence-electron chi connectivity index (χ2n) is 5.91. The van der Waals surface area contributed by atoms with Crippen molar-refractivity contribution in [1.29, 1.82) is 0 Å². The zero-order valence-electron chi connectivity index (χ0n) is 11.1. The van der Waals surface area contributed by atoms with Crippen LogP contribution in [-0.4, -0.2) is 30.6 Å². The molecule has 0 radical (unpaired) electrons. The maximum atomic E-state index is 3.69. The zero-order valence-corrected chi connectivity index (χ0v) is 12.0. The molecule has 3 heteroatoms. The lowest BCUT2D eigenvalue weighted by Crippen LogP contribution is -2.40. The van der Waals surface area contributed by atoms with E-state index >= 15 is 0 Å². The van der Waals surface area contributed by atoms with Crippen molar-refractivity contribution in [3.05, 3.63) is 35.2 Å². The SMILES string of the molecule is c1ccc2c(CN3CC4CCCNC4C3)csc2c1. The van der Waals surface area contributed by atoms with Gasteiger partial charge in [-0.1, -0.05) is 18.2 Å². The van der Waals surface area contributed by atoms with E-state index in [-0.39, 0.29) is 0 Å². The van der Waals surface area contributed by atoms with Gasteiger partial charge < -0.3 is 5.32 Å².